The molecule has 6 heteroatoms. The van der Waals surface area contributed by atoms with E-state index in [1.54, 1.807) is 30.3 Å². The van der Waals surface area contributed by atoms with Crippen LogP contribution in [0.4, 0.5) is 5.69 Å². The van der Waals surface area contributed by atoms with Gasteiger partial charge in [0.05, 0.1) is 17.2 Å². The summed E-state index contributed by atoms with van der Waals surface area (Å²) in [7, 11) is 1.49. The van der Waals surface area contributed by atoms with Gasteiger partial charge in [0.1, 0.15) is 0 Å². The molecule has 1 aromatic carbocycles. The fourth-order valence-corrected chi connectivity index (χ4v) is 1.74. The fraction of sp³-hybridized carbons (Fsp3) is 0.0769. The Kier molecular flexibility index (Phi) is 4.24. The third-order valence-electron chi connectivity index (χ3n) is 2.38. The van der Waals surface area contributed by atoms with Crippen LogP contribution in [-0.4, -0.2) is 18.0 Å². The summed E-state index contributed by atoms with van der Waals surface area (Å²) >= 11 is 11.7. The number of amides is 1. The molecular weight excluding hydrogens is 287 g/mol. The minimum Gasteiger partial charge on any atom is -0.481 e. The number of methoxy groups -OCH3 is 1. The topological polar surface area (TPSA) is 51.2 Å². The quantitative estimate of drug-likeness (QED) is 0.940. The van der Waals surface area contributed by atoms with Crippen LogP contribution in [0.25, 0.3) is 0 Å². The number of halogens is 2. The van der Waals surface area contributed by atoms with Crippen molar-refractivity contribution in [2.24, 2.45) is 0 Å². The van der Waals surface area contributed by atoms with Crippen molar-refractivity contribution in [3.63, 3.8) is 0 Å². The Balaban J connectivity index is 2.18. The lowest BCUT2D eigenvalue weighted by Gasteiger charge is -2.07. The van der Waals surface area contributed by atoms with Gasteiger partial charge in [0, 0.05) is 23.5 Å². The van der Waals surface area contributed by atoms with E-state index in [0.29, 0.717) is 27.2 Å². The molecule has 0 bridgehead atoms. The van der Waals surface area contributed by atoms with Gasteiger partial charge in [-0.3, -0.25) is 4.79 Å². The van der Waals surface area contributed by atoms with Crippen LogP contribution in [0, 0.1) is 0 Å². The molecule has 1 N–H and O–H groups in total. The molecule has 1 aromatic heterocycles. The number of ether oxygens (including phenoxy) is 1. The molecule has 0 aliphatic rings. The van der Waals surface area contributed by atoms with E-state index < -0.39 is 0 Å². The maximum absolute atomic E-state index is 12.0. The first-order chi connectivity index (χ1) is 9.10. The fourth-order valence-electron chi connectivity index (χ4n) is 1.44. The number of nitrogens with one attached hydrogen (secondary N) is 1. The van der Waals surface area contributed by atoms with Crippen molar-refractivity contribution in [2.45, 2.75) is 0 Å². The maximum atomic E-state index is 12.0. The highest BCUT2D eigenvalue weighted by molar-refractivity contribution is 6.42. The summed E-state index contributed by atoms with van der Waals surface area (Å²) in [5.41, 5.74) is 1.01. The Bertz CT molecular complexity index is 617. The SMILES string of the molecule is COc1cc(C(=O)Nc2ccc(Cl)c(Cl)c2)ccn1. The van der Waals surface area contributed by atoms with Crippen LogP contribution in [0.5, 0.6) is 5.88 Å². The summed E-state index contributed by atoms with van der Waals surface area (Å²) in [5, 5.41) is 3.53. The van der Waals surface area contributed by atoms with Gasteiger partial charge in [0.25, 0.3) is 5.91 Å². The van der Waals surface area contributed by atoms with Crippen LogP contribution < -0.4 is 10.1 Å². The second kappa shape index (κ2) is 5.91. The Morgan fingerprint density at radius 3 is 2.68 bits per heavy atom. The minimum atomic E-state index is -0.279. The highest BCUT2D eigenvalue weighted by Gasteiger charge is 2.08. The largest absolute Gasteiger partial charge is 0.481 e. The van der Waals surface area contributed by atoms with Crippen LogP contribution in [0.1, 0.15) is 10.4 Å². The first-order valence-corrected chi connectivity index (χ1v) is 6.12. The van der Waals surface area contributed by atoms with Gasteiger partial charge in [-0.15, -0.1) is 0 Å². The van der Waals surface area contributed by atoms with E-state index in [4.69, 9.17) is 27.9 Å². The van der Waals surface area contributed by atoms with E-state index in [1.165, 1.54) is 13.3 Å². The summed E-state index contributed by atoms with van der Waals surface area (Å²) in [6.07, 6.45) is 1.50. The number of aromatic nitrogens is 1. The monoisotopic (exact) mass is 296 g/mol. The first kappa shape index (κ1) is 13.6. The predicted octanol–water partition coefficient (Wildman–Crippen LogP) is 3.65. The van der Waals surface area contributed by atoms with E-state index in [9.17, 15) is 4.79 Å². The second-order valence-corrected chi connectivity index (χ2v) is 4.48. The third kappa shape index (κ3) is 3.36. The van der Waals surface area contributed by atoms with Crippen LogP contribution in [0.2, 0.25) is 10.0 Å². The molecule has 19 heavy (non-hydrogen) atoms. The van der Waals surface area contributed by atoms with E-state index in [1.807, 2.05) is 0 Å². The lowest BCUT2D eigenvalue weighted by molar-refractivity contribution is 0.102. The summed E-state index contributed by atoms with van der Waals surface area (Å²) in [5.74, 6) is 0.0980. The van der Waals surface area contributed by atoms with E-state index in [2.05, 4.69) is 10.3 Å². The van der Waals surface area contributed by atoms with Gasteiger partial charge in [0.15, 0.2) is 0 Å². The average molecular weight is 297 g/mol. The number of carbonyl (C=O) groups is 1. The Morgan fingerprint density at radius 2 is 2.00 bits per heavy atom. The molecule has 1 amide bonds. The number of hydrogen-bond donors (Lipinski definition) is 1. The number of hydrogen-bond acceptors (Lipinski definition) is 3. The van der Waals surface area contributed by atoms with Crippen molar-refractivity contribution in [1.29, 1.82) is 0 Å². The summed E-state index contributed by atoms with van der Waals surface area (Å²) in [6.45, 7) is 0. The van der Waals surface area contributed by atoms with Gasteiger partial charge in [0.2, 0.25) is 5.88 Å². The molecule has 1 heterocycles. The van der Waals surface area contributed by atoms with Gasteiger partial charge in [-0.05, 0) is 24.3 Å². The lowest BCUT2D eigenvalue weighted by Crippen LogP contribution is -2.12. The first-order valence-electron chi connectivity index (χ1n) is 5.36. The van der Waals surface area contributed by atoms with E-state index in [-0.39, 0.29) is 5.91 Å². The number of nitrogens with zero attached hydrogens (tertiary/aromatic N) is 1. The summed E-state index contributed by atoms with van der Waals surface area (Å²) in [6, 6.07) is 8.01. The van der Waals surface area contributed by atoms with Crippen LogP contribution in [0.15, 0.2) is 36.5 Å². The molecule has 0 saturated carbocycles. The van der Waals surface area contributed by atoms with Crippen LogP contribution in [0.3, 0.4) is 0 Å². The number of benzene rings is 1. The van der Waals surface area contributed by atoms with Crippen LogP contribution in [-0.2, 0) is 0 Å². The van der Waals surface area contributed by atoms with E-state index >= 15 is 0 Å². The van der Waals surface area contributed by atoms with Crippen molar-refractivity contribution >= 4 is 34.8 Å². The Morgan fingerprint density at radius 1 is 1.21 bits per heavy atom. The second-order valence-electron chi connectivity index (χ2n) is 3.67. The zero-order valence-corrected chi connectivity index (χ0v) is 11.5. The number of rotatable bonds is 3. The highest BCUT2D eigenvalue weighted by Crippen LogP contribution is 2.25. The highest BCUT2D eigenvalue weighted by atomic mass is 35.5. The third-order valence-corrected chi connectivity index (χ3v) is 3.12. The molecule has 0 radical (unpaired) electrons. The zero-order valence-electron chi connectivity index (χ0n) is 9.98. The smallest absolute Gasteiger partial charge is 0.255 e. The molecule has 2 aromatic rings. The molecule has 98 valence electrons. The van der Waals surface area contributed by atoms with Crippen molar-refractivity contribution < 1.29 is 9.53 Å². The zero-order chi connectivity index (χ0) is 13.8. The lowest BCUT2D eigenvalue weighted by atomic mass is 10.2. The van der Waals surface area contributed by atoms with Gasteiger partial charge >= 0.3 is 0 Å². The molecule has 0 aliphatic carbocycles. The summed E-state index contributed by atoms with van der Waals surface area (Å²) < 4.78 is 4.96. The molecule has 0 unspecified atom stereocenters. The molecule has 0 saturated heterocycles. The van der Waals surface area contributed by atoms with Crippen molar-refractivity contribution in [2.75, 3.05) is 12.4 Å². The summed E-state index contributed by atoms with van der Waals surface area (Å²) in [4.78, 5) is 15.9. The van der Waals surface area contributed by atoms with Gasteiger partial charge < -0.3 is 10.1 Å². The maximum Gasteiger partial charge on any atom is 0.255 e. The molecule has 4 nitrogen and oxygen atoms in total. The predicted molar refractivity (Wildman–Crippen MR) is 75.2 cm³/mol. The van der Waals surface area contributed by atoms with E-state index in [0.717, 1.165) is 0 Å². The molecule has 0 spiro atoms. The standard InChI is InChI=1S/C13H10Cl2N2O2/c1-19-12-6-8(4-5-16-12)13(18)17-9-2-3-10(14)11(15)7-9/h2-7H,1H3,(H,17,18). The van der Waals surface area contributed by atoms with Crippen molar-refractivity contribution in [1.82, 2.24) is 4.98 Å². The number of pyridine rings is 1. The molecule has 0 atom stereocenters. The molecule has 0 fully saturated rings. The van der Waals surface area contributed by atoms with Crippen molar-refractivity contribution in [3.05, 3.63) is 52.1 Å². The van der Waals surface area contributed by atoms with Gasteiger partial charge in [-0.25, -0.2) is 4.98 Å². The average Bonchev–Trinajstić information content (AvgIpc) is 2.43. The van der Waals surface area contributed by atoms with Crippen molar-refractivity contribution in [3.8, 4) is 5.88 Å². The minimum absolute atomic E-state index is 0.279. The number of carbonyl (C=O) groups excluding carboxylic acids is 1. The number of anilines is 1. The molecule has 0 aliphatic heterocycles. The van der Waals surface area contributed by atoms with Gasteiger partial charge in [-0.2, -0.15) is 0 Å². The Labute approximate surface area is 120 Å². The normalized spacial score (nSPS) is 10.1. The molecular formula is C13H10Cl2N2O2. The molecule has 2 rings (SSSR count). The van der Waals surface area contributed by atoms with Gasteiger partial charge in [-0.1, -0.05) is 23.2 Å². The Hall–Kier alpha value is -1.78. The van der Waals surface area contributed by atoms with Crippen LogP contribution >= 0.6 is 23.2 Å².